The number of esters is 1. The summed E-state index contributed by atoms with van der Waals surface area (Å²) in [6, 6.07) is 4.57. The lowest BCUT2D eigenvalue weighted by Crippen LogP contribution is -2.61. The molecule has 1 aromatic rings. The van der Waals surface area contributed by atoms with Crippen molar-refractivity contribution in [1.82, 2.24) is 5.32 Å². The zero-order valence-corrected chi connectivity index (χ0v) is 16.3. The van der Waals surface area contributed by atoms with Crippen LogP contribution in [0.15, 0.2) is 18.2 Å². The average molecular weight is 396 g/mol. The molecule has 5 rings (SSSR count). The number of hydrogen-bond donors (Lipinski definition) is 1. The Morgan fingerprint density at radius 1 is 1.12 bits per heavy atom. The molecule has 1 aromatic carbocycles. The molecule has 4 aliphatic rings. The van der Waals surface area contributed by atoms with Crippen molar-refractivity contribution in [3.8, 4) is 0 Å². The third-order valence-corrected chi connectivity index (χ3v) is 6.78. The molecule has 4 fully saturated rings. The van der Waals surface area contributed by atoms with Gasteiger partial charge in [0.05, 0.1) is 10.6 Å². The second-order valence-electron chi connectivity index (χ2n) is 8.36. The van der Waals surface area contributed by atoms with Gasteiger partial charge in [-0.2, -0.15) is 0 Å². The lowest BCUT2D eigenvalue weighted by Gasteiger charge is -2.57. The molecular weight excluding hydrogens is 373 g/mol. The molecule has 0 aromatic heterocycles. The highest BCUT2D eigenvalue weighted by Crippen LogP contribution is 2.55. The van der Waals surface area contributed by atoms with E-state index in [1.807, 2.05) is 0 Å². The van der Waals surface area contributed by atoms with E-state index in [1.165, 1.54) is 31.4 Å². The molecule has 0 unspecified atom stereocenters. The fraction of sp³-hybridized carbons (Fsp3) is 0.600. The van der Waals surface area contributed by atoms with Gasteiger partial charge in [0.2, 0.25) is 0 Å². The molecule has 0 heterocycles. The Morgan fingerprint density at radius 2 is 1.69 bits per heavy atom. The molecule has 0 saturated heterocycles. The Bertz CT molecular complexity index is 713. The molecule has 140 valence electrons. The summed E-state index contributed by atoms with van der Waals surface area (Å²) in [7, 11) is 0. The van der Waals surface area contributed by atoms with E-state index in [0.29, 0.717) is 5.02 Å². The number of hydrogen-bond acceptors (Lipinski definition) is 3. The number of ether oxygens (including phenoxy) is 1. The van der Waals surface area contributed by atoms with Crippen molar-refractivity contribution >= 4 is 35.1 Å². The van der Waals surface area contributed by atoms with E-state index in [9.17, 15) is 9.59 Å². The summed E-state index contributed by atoms with van der Waals surface area (Å²) in [6.45, 7) is 1.61. The van der Waals surface area contributed by atoms with Crippen LogP contribution < -0.4 is 5.32 Å². The molecule has 26 heavy (non-hydrogen) atoms. The quantitative estimate of drug-likeness (QED) is 0.756. The van der Waals surface area contributed by atoms with E-state index >= 15 is 0 Å². The number of carbonyl (C=O) groups is 2. The van der Waals surface area contributed by atoms with E-state index in [-0.39, 0.29) is 22.0 Å². The van der Waals surface area contributed by atoms with Gasteiger partial charge in [0.25, 0.3) is 5.91 Å². The number of benzene rings is 1. The normalized spacial score (nSPS) is 33.0. The number of nitrogens with one attached hydrogen (secondary N) is 1. The number of rotatable bonds is 4. The smallest absolute Gasteiger partial charge is 0.340 e. The van der Waals surface area contributed by atoms with Gasteiger partial charge in [0.15, 0.2) is 6.10 Å². The fourth-order valence-electron chi connectivity index (χ4n) is 5.56. The van der Waals surface area contributed by atoms with E-state index in [1.54, 1.807) is 13.0 Å². The standard InChI is InChI=1S/C20H23Cl2NO3/c1-11(26-19(25)16-3-2-15(21)7-17(16)22)18(24)23-20-8-12-4-13(9-20)6-14(5-12)10-20/h2-3,7,11-14H,4-6,8-10H2,1H3,(H,23,24)/t11-,12?,13?,14?,20?/m1/s1. The van der Waals surface area contributed by atoms with Crippen molar-refractivity contribution in [2.75, 3.05) is 0 Å². The Hall–Kier alpha value is -1.26. The van der Waals surface area contributed by atoms with Crippen LogP contribution in [-0.2, 0) is 9.53 Å². The van der Waals surface area contributed by atoms with Crippen LogP contribution in [0.1, 0.15) is 55.8 Å². The van der Waals surface area contributed by atoms with Crippen LogP contribution in [0.4, 0.5) is 0 Å². The summed E-state index contributed by atoms with van der Waals surface area (Å²) in [5, 5.41) is 3.90. The molecule has 4 aliphatic carbocycles. The first-order valence-corrected chi connectivity index (χ1v) is 10.1. The van der Waals surface area contributed by atoms with Crippen molar-refractivity contribution in [3.63, 3.8) is 0 Å². The van der Waals surface area contributed by atoms with Crippen LogP contribution in [0.2, 0.25) is 10.0 Å². The SMILES string of the molecule is C[C@@H](OC(=O)c1ccc(Cl)cc1Cl)C(=O)NC12CC3CC(CC(C3)C1)C2. The average Bonchev–Trinajstić information content (AvgIpc) is 2.52. The lowest BCUT2D eigenvalue weighted by molar-refractivity contribution is -0.134. The Kier molecular flexibility index (Phi) is 4.68. The molecule has 0 spiro atoms. The van der Waals surface area contributed by atoms with Gasteiger partial charge >= 0.3 is 5.97 Å². The third kappa shape index (κ3) is 3.46. The van der Waals surface area contributed by atoms with Crippen LogP contribution in [0.5, 0.6) is 0 Å². The third-order valence-electron chi connectivity index (χ3n) is 6.23. The van der Waals surface area contributed by atoms with E-state index in [4.69, 9.17) is 27.9 Å². The first kappa shape index (κ1) is 18.1. The molecule has 4 saturated carbocycles. The first-order valence-electron chi connectivity index (χ1n) is 9.31. The van der Waals surface area contributed by atoms with Crippen LogP contribution in [0.25, 0.3) is 0 Å². The van der Waals surface area contributed by atoms with E-state index < -0.39 is 12.1 Å². The maximum atomic E-state index is 12.7. The van der Waals surface area contributed by atoms with Crippen molar-refractivity contribution < 1.29 is 14.3 Å². The minimum atomic E-state index is -0.859. The summed E-state index contributed by atoms with van der Waals surface area (Å²) in [5.41, 5.74) is 0.121. The summed E-state index contributed by atoms with van der Waals surface area (Å²) in [6.07, 6.45) is 6.28. The van der Waals surface area contributed by atoms with Gasteiger partial charge in [-0.25, -0.2) is 4.79 Å². The van der Waals surface area contributed by atoms with Crippen LogP contribution in [0, 0.1) is 17.8 Å². The molecule has 4 nitrogen and oxygen atoms in total. The van der Waals surface area contributed by atoms with Crippen LogP contribution >= 0.6 is 23.2 Å². The summed E-state index contributed by atoms with van der Waals surface area (Å²) >= 11 is 11.9. The van der Waals surface area contributed by atoms with Gasteiger partial charge in [-0.1, -0.05) is 23.2 Å². The Morgan fingerprint density at radius 3 is 2.23 bits per heavy atom. The van der Waals surface area contributed by atoms with Crippen molar-refractivity contribution in [2.45, 2.75) is 57.1 Å². The molecule has 0 aliphatic heterocycles. The minimum absolute atomic E-state index is 0.0928. The maximum Gasteiger partial charge on any atom is 0.340 e. The van der Waals surface area contributed by atoms with Gasteiger partial charge in [0, 0.05) is 10.6 Å². The number of amides is 1. The number of carbonyl (C=O) groups excluding carboxylic acids is 2. The molecular formula is C20H23Cl2NO3. The second kappa shape index (κ2) is 6.72. The zero-order valence-electron chi connectivity index (χ0n) is 14.8. The maximum absolute atomic E-state index is 12.7. The number of halogens is 2. The highest BCUT2D eigenvalue weighted by Gasteiger charge is 2.51. The summed E-state index contributed by atoms with van der Waals surface area (Å²) in [4.78, 5) is 25.0. The molecule has 6 heteroatoms. The molecule has 1 amide bonds. The molecule has 4 bridgehead atoms. The molecule has 0 radical (unpaired) electrons. The van der Waals surface area contributed by atoms with Gasteiger partial charge in [-0.05, 0) is 81.4 Å². The van der Waals surface area contributed by atoms with Crippen LogP contribution in [-0.4, -0.2) is 23.5 Å². The van der Waals surface area contributed by atoms with Gasteiger partial charge < -0.3 is 10.1 Å². The lowest BCUT2D eigenvalue weighted by atomic mass is 9.53. The van der Waals surface area contributed by atoms with Gasteiger partial charge in [-0.3, -0.25) is 4.79 Å². The largest absolute Gasteiger partial charge is 0.449 e. The summed E-state index contributed by atoms with van der Waals surface area (Å²) < 4.78 is 5.35. The van der Waals surface area contributed by atoms with Crippen molar-refractivity contribution in [2.24, 2.45) is 17.8 Å². The Balaban J connectivity index is 1.40. The van der Waals surface area contributed by atoms with Crippen LogP contribution in [0.3, 0.4) is 0 Å². The van der Waals surface area contributed by atoms with E-state index in [0.717, 1.165) is 37.0 Å². The van der Waals surface area contributed by atoms with Crippen molar-refractivity contribution in [3.05, 3.63) is 33.8 Å². The Labute approximate surface area is 163 Å². The highest BCUT2D eigenvalue weighted by atomic mass is 35.5. The first-order chi connectivity index (χ1) is 12.3. The molecule has 1 atom stereocenters. The monoisotopic (exact) mass is 395 g/mol. The minimum Gasteiger partial charge on any atom is -0.449 e. The van der Waals surface area contributed by atoms with E-state index in [2.05, 4.69) is 5.32 Å². The summed E-state index contributed by atoms with van der Waals surface area (Å²) in [5.74, 6) is 1.40. The van der Waals surface area contributed by atoms with Gasteiger partial charge in [0.1, 0.15) is 0 Å². The predicted molar refractivity (Wildman–Crippen MR) is 100 cm³/mol. The van der Waals surface area contributed by atoms with Crippen molar-refractivity contribution in [1.29, 1.82) is 0 Å². The second-order valence-corrected chi connectivity index (χ2v) is 9.20. The molecule has 1 N–H and O–H groups in total. The predicted octanol–water partition coefficient (Wildman–Crippen LogP) is 4.62. The topological polar surface area (TPSA) is 55.4 Å². The highest BCUT2D eigenvalue weighted by molar-refractivity contribution is 6.36. The van der Waals surface area contributed by atoms with Gasteiger partial charge in [-0.15, -0.1) is 0 Å². The fourth-order valence-corrected chi connectivity index (χ4v) is 6.04. The zero-order chi connectivity index (χ0) is 18.5.